The van der Waals surface area contributed by atoms with Crippen molar-refractivity contribution in [2.45, 2.75) is 25.5 Å². The molecule has 0 aromatic rings. The zero-order valence-corrected chi connectivity index (χ0v) is 8.34. The van der Waals surface area contributed by atoms with Crippen molar-refractivity contribution in [3.63, 3.8) is 0 Å². The van der Waals surface area contributed by atoms with Gasteiger partial charge in [0.1, 0.15) is 5.78 Å². The summed E-state index contributed by atoms with van der Waals surface area (Å²) in [6.45, 7) is 3.68. The topological polar surface area (TPSA) is 17.1 Å². The minimum Gasteiger partial charge on any atom is -0.300 e. The third-order valence-corrected chi connectivity index (χ3v) is 2.32. The van der Waals surface area contributed by atoms with E-state index >= 15 is 0 Å². The molecule has 0 aliphatic heterocycles. The van der Waals surface area contributed by atoms with Gasteiger partial charge in [0.15, 0.2) is 0 Å². The van der Waals surface area contributed by atoms with Crippen molar-refractivity contribution in [1.82, 2.24) is 0 Å². The highest BCUT2D eigenvalue weighted by Crippen LogP contribution is 2.29. The van der Waals surface area contributed by atoms with E-state index in [9.17, 15) is 4.79 Å². The van der Waals surface area contributed by atoms with Crippen LogP contribution in [0.1, 0.15) is 20.3 Å². The summed E-state index contributed by atoms with van der Waals surface area (Å²) in [6.07, 6.45) is 8.75. The SMILES string of the molecule is CC(=O)CC1(C)C=CC(S)C=C1. The number of ketones is 1. The smallest absolute Gasteiger partial charge is 0.131 e. The van der Waals surface area contributed by atoms with E-state index in [0.29, 0.717) is 6.42 Å². The molecule has 0 atom stereocenters. The van der Waals surface area contributed by atoms with Gasteiger partial charge in [0.25, 0.3) is 0 Å². The lowest BCUT2D eigenvalue weighted by Gasteiger charge is -2.24. The van der Waals surface area contributed by atoms with E-state index in [1.807, 2.05) is 12.2 Å². The quantitative estimate of drug-likeness (QED) is 0.512. The number of allylic oxidation sites excluding steroid dienone is 2. The summed E-state index contributed by atoms with van der Waals surface area (Å²) in [5.41, 5.74) is -0.0783. The maximum Gasteiger partial charge on any atom is 0.131 e. The molecule has 0 fully saturated rings. The zero-order chi connectivity index (χ0) is 9.19. The first-order chi connectivity index (χ1) is 5.52. The summed E-state index contributed by atoms with van der Waals surface area (Å²) in [7, 11) is 0. The Morgan fingerprint density at radius 1 is 1.50 bits per heavy atom. The number of carbonyl (C=O) groups excluding carboxylic acids is 1. The number of carbonyl (C=O) groups is 1. The van der Waals surface area contributed by atoms with Crippen LogP contribution in [0.3, 0.4) is 0 Å². The Labute approximate surface area is 79.0 Å². The second-order valence-corrected chi connectivity index (χ2v) is 4.19. The molecule has 0 aromatic heterocycles. The van der Waals surface area contributed by atoms with Gasteiger partial charge >= 0.3 is 0 Å². The van der Waals surface area contributed by atoms with E-state index in [1.165, 1.54) is 0 Å². The van der Waals surface area contributed by atoms with Crippen molar-refractivity contribution in [1.29, 1.82) is 0 Å². The van der Waals surface area contributed by atoms with Crippen LogP contribution in [-0.2, 0) is 4.79 Å². The average Bonchev–Trinajstić information content (AvgIpc) is 1.94. The number of rotatable bonds is 2. The van der Waals surface area contributed by atoms with Gasteiger partial charge in [0.2, 0.25) is 0 Å². The van der Waals surface area contributed by atoms with E-state index in [1.54, 1.807) is 6.92 Å². The fourth-order valence-corrected chi connectivity index (χ4v) is 1.58. The average molecular weight is 182 g/mol. The second-order valence-electron chi connectivity index (χ2n) is 3.59. The molecule has 0 unspecified atom stereocenters. The van der Waals surface area contributed by atoms with Crippen LogP contribution >= 0.6 is 12.6 Å². The van der Waals surface area contributed by atoms with Crippen LogP contribution in [0.15, 0.2) is 24.3 Å². The van der Waals surface area contributed by atoms with Crippen LogP contribution in [-0.4, -0.2) is 11.0 Å². The molecule has 0 N–H and O–H groups in total. The Hall–Kier alpha value is -0.500. The van der Waals surface area contributed by atoms with E-state index in [2.05, 4.69) is 31.7 Å². The predicted molar refractivity (Wildman–Crippen MR) is 54.5 cm³/mol. The summed E-state index contributed by atoms with van der Waals surface area (Å²) in [5.74, 6) is 0.226. The largest absolute Gasteiger partial charge is 0.300 e. The third kappa shape index (κ3) is 2.52. The van der Waals surface area contributed by atoms with Gasteiger partial charge in [-0.2, -0.15) is 12.6 Å². The molecule has 0 bridgehead atoms. The Bertz CT molecular complexity index is 226. The zero-order valence-electron chi connectivity index (χ0n) is 7.45. The van der Waals surface area contributed by atoms with Gasteiger partial charge in [-0.1, -0.05) is 31.2 Å². The first kappa shape index (κ1) is 9.59. The summed E-state index contributed by atoms with van der Waals surface area (Å²) in [4.78, 5) is 10.9. The van der Waals surface area contributed by atoms with Gasteiger partial charge in [-0.05, 0) is 6.92 Å². The van der Waals surface area contributed by atoms with Gasteiger partial charge in [-0.3, -0.25) is 4.79 Å². The molecule has 0 amide bonds. The third-order valence-electron chi connectivity index (χ3n) is 1.98. The summed E-state index contributed by atoms with van der Waals surface area (Å²) >= 11 is 4.27. The second kappa shape index (κ2) is 3.48. The molecule has 0 saturated heterocycles. The number of hydrogen-bond acceptors (Lipinski definition) is 2. The number of thiol groups is 1. The molecule has 12 heavy (non-hydrogen) atoms. The molecule has 1 nitrogen and oxygen atoms in total. The highest BCUT2D eigenvalue weighted by molar-refractivity contribution is 7.81. The van der Waals surface area contributed by atoms with Crippen LogP contribution in [0.5, 0.6) is 0 Å². The molecule has 0 saturated carbocycles. The molecule has 1 aliphatic carbocycles. The molecule has 66 valence electrons. The molecular weight excluding hydrogens is 168 g/mol. The van der Waals surface area contributed by atoms with Crippen LogP contribution in [0.4, 0.5) is 0 Å². The molecule has 0 heterocycles. The Morgan fingerprint density at radius 3 is 2.42 bits per heavy atom. The van der Waals surface area contributed by atoms with E-state index in [4.69, 9.17) is 0 Å². The van der Waals surface area contributed by atoms with E-state index in [-0.39, 0.29) is 16.4 Å². The standard InChI is InChI=1S/C10H14OS/c1-8(11)7-10(2)5-3-9(12)4-6-10/h3-6,9,12H,7H2,1-2H3. The van der Waals surface area contributed by atoms with Crippen molar-refractivity contribution in [2.75, 3.05) is 0 Å². The molecule has 0 aromatic carbocycles. The van der Waals surface area contributed by atoms with Crippen LogP contribution in [0, 0.1) is 5.41 Å². The first-order valence-electron chi connectivity index (χ1n) is 4.08. The summed E-state index contributed by atoms with van der Waals surface area (Å²) in [5, 5.41) is 0.213. The highest BCUT2D eigenvalue weighted by atomic mass is 32.1. The van der Waals surface area contributed by atoms with Gasteiger partial charge in [-0.25, -0.2) is 0 Å². The highest BCUT2D eigenvalue weighted by Gasteiger charge is 2.21. The lowest BCUT2D eigenvalue weighted by Crippen LogP contribution is -2.17. The molecule has 1 aliphatic rings. The number of hydrogen-bond donors (Lipinski definition) is 1. The van der Waals surface area contributed by atoms with Gasteiger partial charge in [0, 0.05) is 17.1 Å². The normalized spacial score (nSPS) is 33.8. The maximum absolute atomic E-state index is 10.9. The Balaban J connectivity index is 2.68. The van der Waals surface area contributed by atoms with Crippen molar-refractivity contribution < 1.29 is 4.79 Å². The van der Waals surface area contributed by atoms with Crippen LogP contribution in [0.25, 0.3) is 0 Å². The van der Waals surface area contributed by atoms with Crippen molar-refractivity contribution in [3.8, 4) is 0 Å². The fraction of sp³-hybridized carbons (Fsp3) is 0.500. The monoisotopic (exact) mass is 182 g/mol. The van der Waals surface area contributed by atoms with Crippen molar-refractivity contribution in [2.24, 2.45) is 5.41 Å². The number of Topliss-reactive ketones (excluding diaryl/α,β-unsaturated/α-hetero) is 1. The Morgan fingerprint density at radius 2 is 2.00 bits per heavy atom. The van der Waals surface area contributed by atoms with Crippen molar-refractivity contribution >= 4 is 18.4 Å². The fourth-order valence-electron chi connectivity index (χ4n) is 1.41. The lowest BCUT2D eigenvalue weighted by atomic mass is 9.82. The van der Waals surface area contributed by atoms with Gasteiger partial charge in [-0.15, -0.1) is 0 Å². The van der Waals surface area contributed by atoms with Gasteiger partial charge in [0.05, 0.1) is 0 Å². The molecule has 1 rings (SSSR count). The van der Waals surface area contributed by atoms with E-state index in [0.717, 1.165) is 0 Å². The van der Waals surface area contributed by atoms with Crippen molar-refractivity contribution in [3.05, 3.63) is 24.3 Å². The first-order valence-corrected chi connectivity index (χ1v) is 4.60. The summed E-state index contributed by atoms with van der Waals surface area (Å²) in [6, 6.07) is 0. The minimum atomic E-state index is -0.0783. The minimum absolute atomic E-state index is 0.0783. The van der Waals surface area contributed by atoms with Gasteiger partial charge < -0.3 is 0 Å². The van der Waals surface area contributed by atoms with E-state index < -0.39 is 0 Å². The molecule has 0 radical (unpaired) electrons. The molecule has 0 spiro atoms. The maximum atomic E-state index is 10.9. The lowest BCUT2D eigenvalue weighted by molar-refractivity contribution is -0.118. The molecular formula is C10H14OS. The molecule has 2 heteroatoms. The predicted octanol–water partition coefficient (Wildman–Crippen LogP) is 2.40. The Kier molecular flexibility index (Phi) is 2.78. The van der Waals surface area contributed by atoms with Crippen LogP contribution < -0.4 is 0 Å². The van der Waals surface area contributed by atoms with Crippen LogP contribution in [0.2, 0.25) is 0 Å². The summed E-state index contributed by atoms with van der Waals surface area (Å²) < 4.78 is 0.